The minimum Gasteiger partial charge on any atom is -0.444 e. The average molecular weight is 935 g/mol. The number of nitrogens with one attached hydrogen (secondary N) is 4. The van der Waals surface area contributed by atoms with Crippen molar-refractivity contribution in [2.75, 3.05) is 37.6 Å². The summed E-state index contributed by atoms with van der Waals surface area (Å²) in [4.78, 5) is 89.7. The fourth-order valence-electron chi connectivity index (χ4n) is 9.20. The molecule has 2 aromatic carbocycles. The van der Waals surface area contributed by atoms with Gasteiger partial charge in [0.15, 0.2) is 5.78 Å². The minimum absolute atomic E-state index is 0.0164. The van der Waals surface area contributed by atoms with Crippen LogP contribution < -0.4 is 20.9 Å². The normalized spacial score (nSPS) is 15.7. The Balaban J connectivity index is 0.977. The van der Waals surface area contributed by atoms with E-state index in [2.05, 4.69) is 69.8 Å². The number of aromatic nitrogens is 3. The first-order chi connectivity index (χ1) is 32.3. The van der Waals surface area contributed by atoms with Crippen LogP contribution in [0.15, 0.2) is 42.7 Å². The van der Waals surface area contributed by atoms with Crippen molar-refractivity contribution >= 4 is 52.1 Å². The van der Waals surface area contributed by atoms with E-state index < -0.39 is 40.0 Å². The van der Waals surface area contributed by atoms with E-state index in [1.165, 1.54) is 17.0 Å². The monoisotopic (exact) mass is 935 g/mol. The topological polar surface area (TPSA) is 238 Å². The van der Waals surface area contributed by atoms with Crippen molar-refractivity contribution in [1.29, 1.82) is 5.26 Å². The van der Waals surface area contributed by atoms with Gasteiger partial charge in [0.05, 0.1) is 23.7 Å². The summed E-state index contributed by atoms with van der Waals surface area (Å²) in [7, 11) is 0. The SMILES string of the molecule is CCc1cc2c(cc1N1CCN(C(=O)CCCCCNC(=O)[C@@H](NC(=O)[C@H](CCCn3ccnc3[N+](=O)[O-])NC(=O)OC(C)(C)C)[C@@H](C)CC)CC1)C(C)(C)c1[nH]c3cc(C#N)ccc3c1C2=O. The number of anilines is 1. The van der Waals surface area contributed by atoms with E-state index in [1.54, 1.807) is 32.9 Å². The quantitative estimate of drug-likeness (QED) is 0.0433. The number of benzene rings is 2. The van der Waals surface area contributed by atoms with Gasteiger partial charge in [-0.15, -0.1) is 0 Å². The lowest BCUT2D eigenvalue weighted by molar-refractivity contribution is -0.396. The number of aromatic amines is 1. The number of rotatable bonds is 19. The fourth-order valence-corrected chi connectivity index (χ4v) is 9.20. The number of fused-ring (bicyclic) bond motifs is 4. The molecule has 0 spiro atoms. The second kappa shape index (κ2) is 21.5. The highest BCUT2D eigenvalue weighted by atomic mass is 16.6. The van der Waals surface area contributed by atoms with Crippen LogP contribution in [0.5, 0.6) is 0 Å². The molecule has 1 fully saturated rings. The number of hydrogen-bond acceptors (Lipinski definition) is 11. The van der Waals surface area contributed by atoms with E-state index in [0.29, 0.717) is 81.5 Å². The summed E-state index contributed by atoms with van der Waals surface area (Å²) in [6.45, 7) is 18.2. The zero-order valence-electron chi connectivity index (χ0n) is 40.6. The summed E-state index contributed by atoms with van der Waals surface area (Å²) in [5.41, 5.74) is 5.33. The molecule has 364 valence electrons. The van der Waals surface area contributed by atoms with E-state index in [0.717, 1.165) is 39.8 Å². The number of imidazole rings is 1. The van der Waals surface area contributed by atoms with Crippen molar-refractivity contribution in [3.63, 3.8) is 0 Å². The molecule has 3 heterocycles. The van der Waals surface area contributed by atoms with Crippen LogP contribution in [-0.2, 0) is 37.5 Å². The average Bonchev–Trinajstić information content (AvgIpc) is 3.95. The fraction of sp³-hybridized carbons (Fsp3) is 0.540. The lowest BCUT2D eigenvalue weighted by Crippen LogP contribution is -2.56. The lowest BCUT2D eigenvalue weighted by Gasteiger charge is -2.39. The number of ether oxygens (including phenoxy) is 1. The largest absolute Gasteiger partial charge is 0.444 e. The molecule has 18 heteroatoms. The summed E-state index contributed by atoms with van der Waals surface area (Å²) in [6, 6.07) is 9.84. The van der Waals surface area contributed by atoms with Gasteiger partial charge in [-0.25, -0.2) is 9.36 Å². The van der Waals surface area contributed by atoms with Crippen LogP contribution in [0.25, 0.3) is 10.9 Å². The Bertz CT molecular complexity index is 2580. The molecule has 6 rings (SSSR count). The third kappa shape index (κ3) is 11.5. The molecule has 4 amide bonds. The van der Waals surface area contributed by atoms with Crippen LogP contribution in [0.4, 0.5) is 16.4 Å². The number of nitrogens with zero attached hydrogens (tertiary/aromatic N) is 6. The van der Waals surface area contributed by atoms with Crippen LogP contribution in [-0.4, -0.2) is 104 Å². The zero-order valence-corrected chi connectivity index (χ0v) is 40.6. The highest BCUT2D eigenvalue weighted by Gasteiger charge is 2.41. The van der Waals surface area contributed by atoms with Crippen LogP contribution in [0.3, 0.4) is 0 Å². The van der Waals surface area contributed by atoms with Crippen LogP contribution in [0.2, 0.25) is 0 Å². The van der Waals surface area contributed by atoms with Gasteiger partial charge in [-0.1, -0.05) is 58.5 Å². The standard InChI is InChI=1S/C50H66N10O8/c1-9-31(3)42(56-45(63)37(55-48(65)68-49(4,5)6)15-14-21-59-22-20-53-47(59)60(66)67)46(64)52-19-13-11-12-16-40(61)58-25-23-57(24-26-58)39-29-36-35(28-33(39)10-2)43(62)41-34-18-17-32(30-51)27-38(34)54-44(41)50(36,7)8/h17-18,20,22,27-29,31,37,42,54H,9-16,19,21,23-26H2,1-8H3,(H,52,64)(H,55,65)(H,56,63)/t31-,37-,42-/m0/s1. The summed E-state index contributed by atoms with van der Waals surface area (Å²) < 4.78 is 6.75. The van der Waals surface area contributed by atoms with E-state index in [-0.39, 0.29) is 48.9 Å². The molecule has 18 nitrogen and oxygen atoms in total. The van der Waals surface area contributed by atoms with Crippen molar-refractivity contribution in [2.24, 2.45) is 5.92 Å². The van der Waals surface area contributed by atoms with Gasteiger partial charge < -0.3 is 45.6 Å². The number of carbonyl (C=O) groups is 5. The number of nitriles is 1. The minimum atomic E-state index is -1.08. The Kier molecular flexibility index (Phi) is 16.0. The van der Waals surface area contributed by atoms with E-state index in [4.69, 9.17) is 4.74 Å². The molecule has 2 aliphatic rings. The predicted molar refractivity (Wildman–Crippen MR) is 257 cm³/mol. The molecule has 1 aliphatic heterocycles. The molecule has 1 saturated heterocycles. The van der Waals surface area contributed by atoms with Gasteiger partial charge in [0.1, 0.15) is 30.1 Å². The van der Waals surface area contributed by atoms with E-state index in [1.807, 2.05) is 24.8 Å². The van der Waals surface area contributed by atoms with Gasteiger partial charge in [-0.05, 0) is 99.1 Å². The Morgan fingerprint density at radius 2 is 1.75 bits per heavy atom. The first-order valence-electron chi connectivity index (χ1n) is 23.8. The first-order valence-corrected chi connectivity index (χ1v) is 23.8. The summed E-state index contributed by atoms with van der Waals surface area (Å²) in [6.07, 6.45) is 6.10. The predicted octanol–water partition coefficient (Wildman–Crippen LogP) is 6.81. The second-order valence-corrected chi connectivity index (χ2v) is 19.4. The Morgan fingerprint density at radius 3 is 2.41 bits per heavy atom. The maximum atomic E-state index is 14.1. The van der Waals surface area contributed by atoms with Crippen molar-refractivity contribution in [2.45, 2.75) is 136 Å². The Labute approximate surface area is 397 Å². The number of hydrogen-bond donors (Lipinski definition) is 4. The van der Waals surface area contributed by atoms with Crippen molar-refractivity contribution in [3.05, 3.63) is 86.4 Å². The van der Waals surface area contributed by atoms with Crippen LogP contribution in [0, 0.1) is 27.4 Å². The third-order valence-corrected chi connectivity index (χ3v) is 13.2. The van der Waals surface area contributed by atoms with E-state index in [9.17, 15) is 39.3 Å². The summed E-state index contributed by atoms with van der Waals surface area (Å²) in [5.74, 6) is -1.43. The van der Waals surface area contributed by atoms with Gasteiger partial charge in [0.2, 0.25) is 17.7 Å². The Morgan fingerprint density at radius 1 is 1.01 bits per heavy atom. The van der Waals surface area contributed by atoms with Gasteiger partial charge in [0, 0.05) is 72.4 Å². The molecule has 3 atom stereocenters. The smallest absolute Gasteiger partial charge is 0.434 e. The molecule has 4 N–H and O–H groups in total. The van der Waals surface area contributed by atoms with Gasteiger partial charge >= 0.3 is 12.0 Å². The highest BCUT2D eigenvalue weighted by molar-refractivity contribution is 6.20. The number of ketones is 1. The summed E-state index contributed by atoms with van der Waals surface area (Å²) in [5, 5.41) is 30.0. The number of alkyl carbamates (subject to hydrolysis) is 1. The van der Waals surface area contributed by atoms with Crippen LogP contribution >= 0.6 is 0 Å². The molecule has 0 bridgehead atoms. The number of amides is 4. The number of H-pyrrole nitrogens is 1. The van der Waals surface area contributed by atoms with Crippen molar-refractivity contribution in [1.82, 2.24) is 35.4 Å². The molecule has 0 saturated carbocycles. The maximum Gasteiger partial charge on any atom is 0.434 e. The number of aryl methyl sites for hydroxylation is 2. The molecule has 0 radical (unpaired) electrons. The zero-order chi connectivity index (χ0) is 49.5. The van der Waals surface area contributed by atoms with Crippen molar-refractivity contribution in [3.8, 4) is 6.07 Å². The molecule has 68 heavy (non-hydrogen) atoms. The highest BCUT2D eigenvalue weighted by Crippen LogP contribution is 2.46. The maximum absolute atomic E-state index is 14.1. The molecular formula is C50H66N10O8. The lowest BCUT2D eigenvalue weighted by atomic mass is 9.70. The van der Waals surface area contributed by atoms with Gasteiger partial charge in [-0.3, -0.25) is 19.2 Å². The number of piperazine rings is 1. The number of unbranched alkanes of at least 4 members (excludes halogenated alkanes) is 2. The molecule has 4 aromatic rings. The Hall–Kier alpha value is -6.77. The van der Waals surface area contributed by atoms with Crippen molar-refractivity contribution < 1.29 is 33.6 Å². The molecular weight excluding hydrogens is 869 g/mol. The molecule has 0 unspecified atom stereocenters. The van der Waals surface area contributed by atoms with E-state index >= 15 is 0 Å². The number of nitro groups is 1. The van der Waals surface area contributed by atoms with Gasteiger partial charge in [0.25, 0.3) is 0 Å². The van der Waals surface area contributed by atoms with Gasteiger partial charge in [-0.2, -0.15) is 5.26 Å². The van der Waals surface area contributed by atoms with Crippen LogP contribution in [0.1, 0.15) is 139 Å². The third-order valence-electron chi connectivity index (χ3n) is 13.2. The molecule has 1 aliphatic carbocycles. The second-order valence-electron chi connectivity index (χ2n) is 19.4. The molecule has 2 aromatic heterocycles. The first kappa shape index (κ1) is 50.6. The number of carbonyl (C=O) groups excluding carboxylic acids is 5. The summed E-state index contributed by atoms with van der Waals surface area (Å²) >= 11 is 0.